The maximum absolute atomic E-state index is 3.91. The molecule has 0 spiro atoms. The Balaban J connectivity index is 1.62. The average Bonchev–Trinajstić information content (AvgIpc) is 2.90. The largest absolute Gasteiger partial charge is 0.0622 e. The van der Waals surface area contributed by atoms with Crippen molar-refractivity contribution in [2.45, 2.75) is 0 Å². The van der Waals surface area contributed by atoms with Gasteiger partial charge in [-0.05, 0) is 76.9 Å². The molecule has 6 aromatic carbocycles. The molecule has 6 rings (SSSR count). The van der Waals surface area contributed by atoms with Gasteiger partial charge >= 0.3 is 0 Å². The van der Waals surface area contributed by atoms with Crippen LogP contribution in [0.1, 0.15) is 0 Å². The van der Waals surface area contributed by atoms with Gasteiger partial charge in [0.2, 0.25) is 0 Å². The van der Waals surface area contributed by atoms with E-state index in [9.17, 15) is 0 Å². The first-order chi connectivity index (χ1) is 16.3. The summed E-state index contributed by atoms with van der Waals surface area (Å²) in [7, 11) is 0. The highest BCUT2D eigenvalue weighted by Gasteiger charge is 2.15. The summed E-state index contributed by atoms with van der Waals surface area (Å²) in [5.74, 6) is 0. The zero-order valence-electron chi connectivity index (χ0n) is 18.0. The van der Waals surface area contributed by atoms with Gasteiger partial charge in [-0.25, -0.2) is 0 Å². The van der Waals surface area contributed by atoms with Crippen LogP contribution in [0.3, 0.4) is 0 Å². The first-order valence-electron chi connectivity index (χ1n) is 11.1. The van der Waals surface area contributed by atoms with E-state index in [1.54, 1.807) is 0 Å². The fraction of sp³-hybridized carbons (Fsp3) is 0. The van der Waals surface area contributed by atoms with Crippen molar-refractivity contribution in [3.8, 4) is 33.4 Å². The number of benzene rings is 6. The van der Waals surface area contributed by atoms with Gasteiger partial charge in [0.1, 0.15) is 0 Å². The molecule has 0 N–H and O–H groups in total. The Kier molecular flexibility index (Phi) is 5.05. The topological polar surface area (TPSA) is 0 Å². The summed E-state index contributed by atoms with van der Waals surface area (Å²) in [5, 5.41) is 4.99. The molecule has 0 heterocycles. The second-order valence-electron chi connectivity index (χ2n) is 8.30. The molecule has 0 unspecified atom stereocenters. The van der Waals surface area contributed by atoms with E-state index in [1.807, 2.05) is 0 Å². The van der Waals surface area contributed by atoms with Crippen LogP contribution in [0.5, 0.6) is 0 Å². The minimum absolute atomic E-state index is 1.15. The Labute approximate surface area is 202 Å². The molecule has 0 aliphatic carbocycles. The summed E-state index contributed by atoms with van der Waals surface area (Å²) in [6.07, 6.45) is 0. The van der Waals surface area contributed by atoms with Crippen molar-refractivity contribution in [3.63, 3.8) is 0 Å². The quantitative estimate of drug-likeness (QED) is 0.219. The highest BCUT2D eigenvalue weighted by Crippen LogP contribution is 2.43. The lowest BCUT2D eigenvalue weighted by Crippen LogP contribution is -1.89. The van der Waals surface area contributed by atoms with Crippen LogP contribution in [0.25, 0.3) is 54.9 Å². The standard InChI is InChI=1S/C32H21Br/c33-32-28-14-8-7-13-27(28)31(25-17-15-24(16-18-25)22-9-3-1-4-10-22)30-21-26(19-20-29(30)32)23-11-5-2-6-12-23/h1-21H. The van der Waals surface area contributed by atoms with Crippen LogP contribution in [-0.4, -0.2) is 0 Å². The lowest BCUT2D eigenvalue weighted by Gasteiger charge is -2.16. The summed E-state index contributed by atoms with van der Waals surface area (Å²) in [5.41, 5.74) is 7.44. The number of halogens is 1. The van der Waals surface area contributed by atoms with Crippen molar-refractivity contribution >= 4 is 37.5 Å². The summed E-state index contributed by atoms with van der Waals surface area (Å²) in [6, 6.07) is 45.6. The average molecular weight is 485 g/mol. The van der Waals surface area contributed by atoms with Gasteiger partial charge in [0, 0.05) is 4.47 Å². The summed E-state index contributed by atoms with van der Waals surface area (Å²) >= 11 is 3.91. The van der Waals surface area contributed by atoms with E-state index in [0.717, 1.165) is 4.47 Å². The molecule has 0 nitrogen and oxygen atoms in total. The Morgan fingerprint density at radius 2 is 0.788 bits per heavy atom. The van der Waals surface area contributed by atoms with E-state index in [0.29, 0.717) is 0 Å². The molecule has 0 aliphatic rings. The predicted molar refractivity (Wildman–Crippen MR) is 145 cm³/mol. The van der Waals surface area contributed by atoms with Gasteiger partial charge in [0.15, 0.2) is 0 Å². The Morgan fingerprint density at radius 1 is 0.333 bits per heavy atom. The first kappa shape index (κ1) is 20.0. The van der Waals surface area contributed by atoms with Crippen LogP contribution in [-0.2, 0) is 0 Å². The predicted octanol–water partition coefficient (Wildman–Crippen LogP) is 9.76. The molecule has 33 heavy (non-hydrogen) atoms. The number of hydrogen-bond donors (Lipinski definition) is 0. The molecule has 0 fully saturated rings. The number of hydrogen-bond acceptors (Lipinski definition) is 0. The maximum Gasteiger partial charge on any atom is 0.0332 e. The van der Waals surface area contributed by atoms with E-state index >= 15 is 0 Å². The maximum atomic E-state index is 3.91. The van der Waals surface area contributed by atoms with Crippen molar-refractivity contribution in [1.82, 2.24) is 0 Å². The van der Waals surface area contributed by atoms with Crippen LogP contribution >= 0.6 is 15.9 Å². The molecule has 0 bridgehead atoms. The smallest absolute Gasteiger partial charge is 0.0332 e. The molecule has 6 aromatic rings. The Hall–Kier alpha value is -3.68. The zero-order chi connectivity index (χ0) is 22.2. The highest BCUT2D eigenvalue weighted by atomic mass is 79.9. The van der Waals surface area contributed by atoms with Gasteiger partial charge < -0.3 is 0 Å². The molecule has 0 atom stereocenters. The SMILES string of the molecule is Brc1c2ccccc2c(-c2ccc(-c3ccccc3)cc2)c2cc(-c3ccccc3)ccc12. The van der Waals surface area contributed by atoms with Crippen molar-refractivity contribution in [1.29, 1.82) is 0 Å². The lowest BCUT2D eigenvalue weighted by atomic mass is 9.89. The molecular formula is C32H21Br. The van der Waals surface area contributed by atoms with Crippen molar-refractivity contribution in [3.05, 3.63) is 132 Å². The van der Waals surface area contributed by atoms with Gasteiger partial charge in [-0.2, -0.15) is 0 Å². The highest BCUT2D eigenvalue weighted by molar-refractivity contribution is 9.10. The van der Waals surface area contributed by atoms with E-state index in [1.165, 1.54) is 54.9 Å². The fourth-order valence-electron chi connectivity index (χ4n) is 4.71. The van der Waals surface area contributed by atoms with Gasteiger partial charge in [-0.1, -0.05) is 121 Å². The Bertz CT molecular complexity index is 1580. The molecule has 156 valence electrons. The summed E-state index contributed by atoms with van der Waals surface area (Å²) in [4.78, 5) is 0. The zero-order valence-corrected chi connectivity index (χ0v) is 19.6. The van der Waals surface area contributed by atoms with E-state index < -0.39 is 0 Å². The second kappa shape index (κ2) is 8.35. The lowest BCUT2D eigenvalue weighted by molar-refractivity contribution is 1.61. The van der Waals surface area contributed by atoms with Crippen LogP contribution < -0.4 is 0 Å². The molecule has 0 aliphatic heterocycles. The molecule has 0 aromatic heterocycles. The van der Waals surface area contributed by atoms with Crippen LogP contribution in [0.4, 0.5) is 0 Å². The Morgan fingerprint density at radius 3 is 1.45 bits per heavy atom. The monoisotopic (exact) mass is 484 g/mol. The van der Waals surface area contributed by atoms with Crippen molar-refractivity contribution < 1.29 is 0 Å². The van der Waals surface area contributed by atoms with Crippen LogP contribution in [0.2, 0.25) is 0 Å². The normalized spacial score (nSPS) is 11.2. The third kappa shape index (κ3) is 3.55. The third-order valence-electron chi connectivity index (χ3n) is 6.35. The fourth-order valence-corrected chi connectivity index (χ4v) is 5.40. The van der Waals surface area contributed by atoms with Crippen LogP contribution in [0.15, 0.2) is 132 Å². The van der Waals surface area contributed by atoms with Crippen molar-refractivity contribution in [2.75, 3.05) is 0 Å². The molecule has 0 saturated heterocycles. The number of fused-ring (bicyclic) bond motifs is 2. The van der Waals surface area contributed by atoms with E-state index in [-0.39, 0.29) is 0 Å². The van der Waals surface area contributed by atoms with Gasteiger partial charge in [-0.3, -0.25) is 0 Å². The summed E-state index contributed by atoms with van der Waals surface area (Å²) in [6.45, 7) is 0. The molecule has 1 heteroatoms. The minimum atomic E-state index is 1.15. The molecule has 0 radical (unpaired) electrons. The molecule has 0 saturated carbocycles. The van der Waals surface area contributed by atoms with Crippen molar-refractivity contribution in [2.24, 2.45) is 0 Å². The first-order valence-corrected chi connectivity index (χ1v) is 11.9. The third-order valence-corrected chi connectivity index (χ3v) is 7.20. The minimum Gasteiger partial charge on any atom is -0.0622 e. The van der Waals surface area contributed by atoms with E-state index in [2.05, 4.69) is 143 Å². The van der Waals surface area contributed by atoms with Gasteiger partial charge in [-0.15, -0.1) is 0 Å². The van der Waals surface area contributed by atoms with E-state index in [4.69, 9.17) is 0 Å². The number of rotatable bonds is 3. The molecular weight excluding hydrogens is 464 g/mol. The second-order valence-corrected chi connectivity index (χ2v) is 9.10. The summed E-state index contributed by atoms with van der Waals surface area (Å²) < 4.78 is 1.15. The van der Waals surface area contributed by atoms with Gasteiger partial charge in [0.05, 0.1) is 0 Å². The molecule has 0 amide bonds. The van der Waals surface area contributed by atoms with Gasteiger partial charge in [0.25, 0.3) is 0 Å². The van der Waals surface area contributed by atoms with Crippen LogP contribution in [0, 0.1) is 0 Å².